The van der Waals surface area contributed by atoms with Crippen LogP contribution in [0.2, 0.25) is 0 Å². The van der Waals surface area contributed by atoms with Gasteiger partial charge in [-0.3, -0.25) is 4.79 Å². The zero-order valence-electron chi connectivity index (χ0n) is 9.76. The summed E-state index contributed by atoms with van der Waals surface area (Å²) >= 11 is 0. The van der Waals surface area contributed by atoms with E-state index in [1.807, 2.05) is 4.90 Å². The molecule has 17 heavy (non-hydrogen) atoms. The number of aromatic hydroxyl groups is 1. The van der Waals surface area contributed by atoms with Gasteiger partial charge in [-0.15, -0.1) is 0 Å². The third kappa shape index (κ3) is 3.12. The molecule has 0 unspecified atom stereocenters. The minimum absolute atomic E-state index is 0.00241. The molecule has 1 aliphatic heterocycles. The van der Waals surface area contributed by atoms with Gasteiger partial charge in [0.2, 0.25) is 0 Å². The first-order valence-electron chi connectivity index (χ1n) is 5.96. The van der Waals surface area contributed by atoms with Crippen LogP contribution in [-0.2, 0) is 4.79 Å². The molecule has 0 spiro atoms. The fraction of sp³-hybridized carbons (Fsp3) is 0.462. The molecule has 0 bridgehead atoms. The smallest absolute Gasteiger partial charge is 0.260 e. The summed E-state index contributed by atoms with van der Waals surface area (Å²) in [6.07, 6.45) is 3.34. The lowest BCUT2D eigenvalue weighted by molar-refractivity contribution is -0.134. The summed E-state index contributed by atoms with van der Waals surface area (Å²) in [6.45, 7) is 1.64. The summed E-state index contributed by atoms with van der Waals surface area (Å²) in [5.41, 5.74) is 0. The van der Waals surface area contributed by atoms with Gasteiger partial charge in [0.15, 0.2) is 18.1 Å². The number of carbonyl (C=O) groups excluding carboxylic acids is 1. The van der Waals surface area contributed by atoms with Crippen LogP contribution in [0.3, 0.4) is 0 Å². The molecule has 1 N–H and O–H groups in total. The largest absolute Gasteiger partial charge is 0.504 e. The number of para-hydroxylation sites is 2. The maximum absolute atomic E-state index is 11.8. The molecule has 2 rings (SSSR count). The number of rotatable bonds is 3. The molecule has 0 atom stereocenters. The van der Waals surface area contributed by atoms with E-state index in [9.17, 15) is 9.90 Å². The van der Waals surface area contributed by atoms with Crippen LogP contribution in [0.4, 0.5) is 0 Å². The van der Waals surface area contributed by atoms with Crippen molar-refractivity contribution in [3.8, 4) is 11.5 Å². The Labute approximate surface area is 101 Å². The molecule has 1 aromatic carbocycles. The van der Waals surface area contributed by atoms with E-state index < -0.39 is 0 Å². The van der Waals surface area contributed by atoms with Crippen LogP contribution in [-0.4, -0.2) is 35.6 Å². The van der Waals surface area contributed by atoms with Crippen LogP contribution in [0.15, 0.2) is 24.3 Å². The van der Waals surface area contributed by atoms with Gasteiger partial charge in [0.05, 0.1) is 0 Å². The molecular weight excluding hydrogens is 218 g/mol. The zero-order chi connectivity index (χ0) is 12.1. The van der Waals surface area contributed by atoms with E-state index in [0.717, 1.165) is 25.9 Å². The van der Waals surface area contributed by atoms with E-state index in [4.69, 9.17) is 4.74 Å². The van der Waals surface area contributed by atoms with Crippen molar-refractivity contribution < 1.29 is 14.6 Å². The minimum atomic E-state index is -0.00652. The molecule has 0 saturated carbocycles. The number of phenolic OH excluding ortho intramolecular Hbond substituents is 1. The minimum Gasteiger partial charge on any atom is -0.504 e. The Morgan fingerprint density at radius 2 is 1.94 bits per heavy atom. The molecular formula is C13H17NO3. The van der Waals surface area contributed by atoms with Crippen molar-refractivity contribution >= 4 is 5.91 Å². The Morgan fingerprint density at radius 3 is 2.65 bits per heavy atom. The molecule has 0 radical (unpaired) electrons. The first-order valence-corrected chi connectivity index (χ1v) is 5.96. The molecule has 1 fully saturated rings. The van der Waals surface area contributed by atoms with E-state index in [1.54, 1.807) is 24.3 Å². The average molecular weight is 235 g/mol. The summed E-state index contributed by atoms with van der Waals surface area (Å²) in [5, 5.41) is 9.48. The van der Waals surface area contributed by atoms with Crippen LogP contribution >= 0.6 is 0 Å². The molecule has 1 aliphatic rings. The molecule has 1 heterocycles. The molecule has 1 amide bonds. The standard InChI is InChI=1S/C13H17NO3/c15-11-6-2-3-7-12(11)17-10-13(16)14-8-4-1-5-9-14/h2-3,6-7,15H,1,4-5,8-10H2. The highest BCUT2D eigenvalue weighted by Gasteiger charge is 2.17. The molecule has 92 valence electrons. The van der Waals surface area contributed by atoms with Gasteiger partial charge < -0.3 is 14.7 Å². The number of ether oxygens (including phenoxy) is 1. The summed E-state index contributed by atoms with van der Waals surface area (Å²) in [4.78, 5) is 13.6. The molecule has 1 aromatic rings. The summed E-state index contributed by atoms with van der Waals surface area (Å²) in [5.74, 6) is 0.421. The number of nitrogens with zero attached hydrogens (tertiary/aromatic N) is 1. The Kier molecular flexibility index (Phi) is 3.85. The number of likely N-dealkylation sites (tertiary alicyclic amines) is 1. The maximum Gasteiger partial charge on any atom is 0.260 e. The highest BCUT2D eigenvalue weighted by molar-refractivity contribution is 5.77. The number of benzene rings is 1. The average Bonchev–Trinajstić information content (AvgIpc) is 2.38. The Hall–Kier alpha value is -1.71. The van der Waals surface area contributed by atoms with Crippen molar-refractivity contribution in [2.45, 2.75) is 19.3 Å². The third-order valence-corrected chi connectivity index (χ3v) is 2.93. The van der Waals surface area contributed by atoms with Gasteiger partial charge in [-0.1, -0.05) is 12.1 Å². The fourth-order valence-electron chi connectivity index (χ4n) is 1.95. The second-order valence-electron chi connectivity index (χ2n) is 4.20. The van der Waals surface area contributed by atoms with Gasteiger partial charge in [0, 0.05) is 13.1 Å². The van der Waals surface area contributed by atoms with Gasteiger partial charge in [-0.25, -0.2) is 0 Å². The van der Waals surface area contributed by atoms with E-state index in [1.165, 1.54) is 6.42 Å². The molecule has 0 aromatic heterocycles. The van der Waals surface area contributed by atoms with Gasteiger partial charge in [0.1, 0.15) is 0 Å². The predicted octanol–water partition coefficient (Wildman–Crippen LogP) is 1.78. The summed E-state index contributed by atoms with van der Waals surface area (Å²) in [6, 6.07) is 6.68. The van der Waals surface area contributed by atoms with Crippen LogP contribution < -0.4 is 4.74 Å². The maximum atomic E-state index is 11.8. The topological polar surface area (TPSA) is 49.8 Å². The molecule has 4 heteroatoms. The highest BCUT2D eigenvalue weighted by atomic mass is 16.5. The van der Waals surface area contributed by atoms with Crippen molar-refractivity contribution in [2.75, 3.05) is 19.7 Å². The quantitative estimate of drug-likeness (QED) is 0.868. The predicted molar refractivity (Wildman–Crippen MR) is 64.0 cm³/mol. The first kappa shape index (κ1) is 11.8. The van der Waals surface area contributed by atoms with Crippen molar-refractivity contribution in [1.29, 1.82) is 0 Å². The number of amides is 1. The van der Waals surface area contributed by atoms with E-state index >= 15 is 0 Å². The SMILES string of the molecule is O=C(COc1ccccc1O)N1CCCCC1. The van der Waals surface area contributed by atoms with Crippen molar-refractivity contribution in [2.24, 2.45) is 0 Å². The van der Waals surface area contributed by atoms with Crippen molar-refractivity contribution in [1.82, 2.24) is 4.90 Å². The van der Waals surface area contributed by atoms with Crippen LogP contribution in [0, 0.1) is 0 Å². The summed E-state index contributed by atoms with van der Waals surface area (Å²) < 4.78 is 5.31. The number of hydrogen-bond acceptors (Lipinski definition) is 3. The molecule has 0 aliphatic carbocycles. The Bertz CT molecular complexity index is 386. The van der Waals surface area contributed by atoms with Crippen molar-refractivity contribution in [3.63, 3.8) is 0 Å². The van der Waals surface area contributed by atoms with Crippen LogP contribution in [0.1, 0.15) is 19.3 Å². The normalized spacial score (nSPS) is 15.6. The highest BCUT2D eigenvalue weighted by Crippen LogP contribution is 2.24. The lowest BCUT2D eigenvalue weighted by Gasteiger charge is -2.26. The van der Waals surface area contributed by atoms with E-state index in [0.29, 0.717) is 5.75 Å². The van der Waals surface area contributed by atoms with Crippen LogP contribution in [0.5, 0.6) is 11.5 Å². The lowest BCUT2D eigenvalue weighted by atomic mass is 10.1. The molecule has 1 saturated heterocycles. The Balaban J connectivity index is 1.85. The number of phenols is 1. The van der Waals surface area contributed by atoms with Gasteiger partial charge in [-0.05, 0) is 31.4 Å². The number of piperidine rings is 1. The first-order chi connectivity index (χ1) is 8.27. The number of hydrogen-bond donors (Lipinski definition) is 1. The fourth-order valence-corrected chi connectivity index (χ4v) is 1.95. The van der Waals surface area contributed by atoms with Crippen LogP contribution in [0.25, 0.3) is 0 Å². The zero-order valence-corrected chi connectivity index (χ0v) is 9.76. The second-order valence-corrected chi connectivity index (χ2v) is 4.20. The van der Waals surface area contributed by atoms with Crippen molar-refractivity contribution in [3.05, 3.63) is 24.3 Å². The van der Waals surface area contributed by atoms with Gasteiger partial charge >= 0.3 is 0 Å². The van der Waals surface area contributed by atoms with Gasteiger partial charge in [-0.2, -0.15) is 0 Å². The Morgan fingerprint density at radius 1 is 1.24 bits per heavy atom. The third-order valence-electron chi connectivity index (χ3n) is 2.93. The monoisotopic (exact) mass is 235 g/mol. The number of carbonyl (C=O) groups is 1. The molecule has 4 nitrogen and oxygen atoms in total. The lowest BCUT2D eigenvalue weighted by Crippen LogP contribution is -2.38. The van der Waals surface area contributed by atoms with E-state index in [-0.39, 0.29) is 18.3 Å². The summed E-state index contributed by atoms with van der Waals surface area (Å²) in [7, 11) is 0. The van der Waals surface area contributed by atoms with E-state index in [2.05, 4.69) is 0 Å². The second kappa shape index (κ2) is 5.57. The van der Waals surface area contributed by atoms with Gasteiger partial charge in [0.25, 0.3) is 5.91 Å².